The summed E-state index contributed by atoms with van der Waals surface area (Å²) in [5.41, 5.74) is 0.926. The Morgan fingerprint density at radius 3 is 2.30 bits per heavy atom. The second-order valence-corrected chi connectivity index (χ2v) is 19.6. The van der Waals surface area contributed by atoms with E-state index in [0.29, 0.717) is 13.2 Å². The zero-order chi connectivity index (χ0) is 24.0. The molecular formula is C25H44O5S2Si. The van der Waals surface area contributed by atoms with Crippen LogP contribution in [0.5, 0.6) is 0 Å². The van der Waals surface area contributed by atoms with Gasteiger partial charge >= 0.3 is 0 Å². The van der Waals surface area contributed by atoms with Crippen LogP contribution in [0.4, 0.5) is 0 Å². The molecule has 3 atom stereocenters. The molecule has 0 aromatic rings. The lowest BCUT2D eigenvalue weighted by molar-refractivity contribution is -0.243. The van der Waals surface area contributed by atoms with E-state index in [4.69, 9.17) is 23.4 Å². The maximum Gasteiger partial charge on any atom is 0.193 e. The predicted octanol–water partition coefficient (Wildman–Crippen LogP) is 6.34. The van der Waals surface area contributed by atoms with Gasteiger partial charge in [0.05, 0.1) is 24.9 Å². The smallest absolute Gasteiger partial charge is 0.193 e. The molecule has 0 unspecified atom stereocenters. The van der Waals surface area contributed by atoms with Crippen molar-refractivity contribution in [3.05, 3.63) is 11.6 Å². The van der Waals surface area contributed by atoms with Gasteiger partial charge in [-0.25, -0.2) is 0 Å². The molecule has 33 heavy (non-hydrogen) atoms. The molecular weight excluding hydrogens is 472 g/mol. The summed E-state index contributed by atoms with van der Waals surface area (Å²) in [7, 11) is -0.236. The zero-order valence-electron chi connectivity index (χ0n) is 21.7. The summed E-state index contributed by atoms with van der Waals surface area (Å²) in [4.78, 5) is 0. The second kappa shape index (κ2) is 9.73. The summed E-state index contributed by atoms with van der Waals surface area (Å²) in [6, 6.07) is 0. The fourth-order valence-corrected chi connectivity index (χ4v) is 9.79. The van der Waals surface area contributed by atoms with Gasteiger partial charge in [-0.2, -0.15) is 0 Å². The van der Waals surface area contributed by atoms with Gasteiger partial charge in [-0.05, 0) is 67.8 Å². The van der Waals surface area contributed by atoms with Gasteiger partial charge in [0, 0.05) is 20.0 Å². The van der Waals surface area contributed by atoms with Crippen molar-refractivity contribution >= 4 is 31.8 Å². The summed E-state index contributed by atoms with van der Waals surface area (Å²) in [6.07, 6.45) is 7.94. The summed E-state index contributed by atoms with van der Waals surface area (Å²) in [5.74, 6) is 1.95. The van der Waals surface area contributed by atoms with Crippen LogP contribution in [0.2, 0.25) is 18.1 Å². The molecule has 3 aliphatic heterocycles. The Labute approximate surface area is 210 Å². The second-order valence-electron chi connectivity index (χ2n) is 11.7. The van der Waals surface area contributed by atoms with Gasteiger partial charge in [0.25, 0.3) is 0 Å². The van der Waals surface area contributed by atoms with Crippen LogP contribution in [0.25, 0.3) is 0 Å². The van der Waals surface area contributed by atoms with Gasteiger partial charge in [-0.1, -0.05) is 26.8 Å². The highest BCUT2D eigenvalue weighted by Crippen LogP contribution is 2.56. The van der Waals surface area contributed by atoms with Crippen molar-refractivity contribution in [3.63, 3.8) is 0 Å². The molecule has 8 heteroatoms. The lowest BCUT2D eigenvalue weighted by Gasteiger charge is -2.54. The fourth-order valence-electron chi connectivity index (χ4n) is 5.11. The molecule has 0 aromatic carbocycles. The summed E-state index contributed by atoms with van der Waals surface area (Å²) in [5, 5.41) is 0.126. The predicted molar refractivity (Wildman–Crippen MR) is 140 cm³/mol. The minimum Gasteiger partial charge on any atom is -0.407 e. The quantitative estimate of drug-likeness (QED) is 0.312. The number of methoxy groups -OCH3 is 1. The standard InChI is InChI=1S/C25H44O5S2Si/c1-22(2,3)33(6,7)30-20(19-9-11-24(12-10-19)27-15-16-28-24)23(4)13-14-25(21(26-5)29-23)31-17-8-18-32-25/h9,20-21H,8,10-18H2,1-7H3/t20-,21+,23+/m1/s1. The van der Waals surface area contributed by atoms with Crippen LogP contribution in [0.1, 0.15) is 66.2 Å². The molecule has 3 fully saturated rings. The Morgan fingerprint density at radius 2 is 1.76 bits per heavy atom. The molecule has 0 bridgehead atoms. The molecule has 3 saturated heterocycles. The number of hydrogen-bond acceptors (Lipinski definition) is 7. The van der Waals surface area contributed by atoms with Gasteiger partial charge in [-0.15, -0.1) is 23.5 Å². The van der Waals surface area contributed by atoms with Crippen molar-refractivity contribution < 1.29 is 23.4 Å². The molecule has 0 radical (unpaired) electrons. The topological polar surface area (TPSA) is 46.2 Å². The van der Waals surface area contributed by atoms with E-state index >= 15 is 0 Å². The van der Waals surface area contributed by atoms with Gasteiger partial charge in [0.2, 0.25) is 0 Å². The van der Waals surface area contributed by atoms with Crippen molar-refractivity contribution in [3.8, 4) is 0 Å². The molecule has 4 aliphatic rings. The van der Waals surface area contributed by atoms with E-state index in [9.17, 15) is 0 Å². The molecule has 4 rings (SSSR count). The number of ether oxygens (including phenoxy) is 4. The lowest BCUT2D eigenvalue weighted by atomic mass is 9.81. The van der Waals surface area contributed by atoms with E-state index in [0.717, 1.165) is 32.1 Å². The third kappa shape index (κ3) is 5.29. The van der Waals surface area contributed by atoms with Crippen LogP contribution in [0.3, 0.4) is 0 Å². The lowest BCUT2D eigenvalue weighted by Crippen LogP contribution is -2.60. The number of rotatable bonds is 5. The first-order valence-corrected chi connectivity index (χ1v) is 17.5. The summed E-state index contributed by atoms with van der Waals surface area (Å²) in [6.45, 7) is 15.3. The van der Waals surface area contributed by atoms with Crippen molar-refractivity contribution in [2.75, 3.05) is 31.8 Å². The van der Waals surface area contributed by atoms with Crippen LogP contribution in [-0.4, -0.2) is 68.0 Å². The summed E-state index contributed by atoms with van der Waals surface area (Å²) < 4.78 is 32.1. The molecule has 1 aliphatic carbocycles. The van der Waals surface area contributed by atoms with E-state index in [1.54, 1.807) is 7.11 Å². The highest BCUT2D eigenvalue weighted by molar-refractivity contribution is 8.18. The van der Waals surface area contributed by atoms with Crippen LogP contribution in [0, 0.1) is 0 Å². The SMILES string of the molecule is CO[C@H]1O[C@](C)([C@H](O[Si](C)(C)C(C)(C)C)C2=CCC3(CC2)OCCO3)CCC12SCCCS2. The molecule has 2 spiro atoms. The van der Waals surface area contributed by atoms with Crippen LogP contribution in [0.15, 0.2) is 11.6 Å². The third-order valence-corrected chi connectivity index (χ3v) is 16.2. The minimum absolute atomic E-state index is 0.00453. The third-order valence-electron chi connectivity index (χ3n) is 8.29. The molecule has 190 valence electrons. The molecule has 5 nitrogen and oxygen atoms in total. The van der Waals surface area contributed by atoms with E-state index in [1.165, 1.54) is 23.5 Å². The molecule has 0 aromatic heterocycles. The van der Waals surface area contributed by atoms with E-state index in [2.05, 4.69) is 46.9 Å². The van der Waals surface area contributed by atoms with E-state index < -0.39 is 19.7 Å². The highest BCUT2D eigenvalue weighted by atomic mass is 32.2. The Balaban J connectivity index is 1.62. The fraction of sp³-hybridized carbons (Fsp3) is 0.920. The van der Waals surface area contributed by atoms with Gasteiger partial charge in [0.1, 0.15) is 4.08 Å². The van der Waals surface area contributed by atoms with Crippen molar-refractivity contribution in [2.24, 2.45) is 0 Å². The van der Waals surface area contributed by atoms with Crippen LogP contribution >= 0.6 is 23.5 Å². The maximum atomic E-state index is 7.20. The van der Waals surface area contributed by atoms with Gasteiger partial charge in [0.15, 0.2) is 20.4 Å². The Morgan fingerprint density at radius 1 is 1.09 bits per heavy atom. The Kier molecular flexibility index (Phi) is 7.82. The van der Waals surface area contributed by atoms with Crippen molar-refractivity contribution in [1.82, 2.24) is 0 Å². The molecule has 3 heterocycles. The zero-order valence-corrected chi connectivity index (χ0v) is 24.3. The van der Waals surface area contributed by atoms with Gasteiger partial charge in [-0.3, -0.25) is 0 Å². The van der Waals surface area contributed by atoms with Crippen molar-refractivity contribution in [1.29, 1.82) is 0 Å². The molecule has 0 amide bonds. The first-order chi connectivity index (χ1) is 15.4. The number of thioether (sulfide) groups is 2. The van der Waals surface area contributed by atoms with Crippen LogP contribution in [-0.2, 0) is 23.4 Å². The molecule has 0 saturated carbocycles. The largest absolute Gasteiger partial charge is 0.407 e. The highest BCUT2D eigenvalue weighted by Gasteiger charge is 2.56. The maximum absolute atomic E-state index is 7.20. The van der Waals surface area contributed by atoms with Gasteiger partial charge < -0.3 is 23.4 Å². The molecule has 0 N–H and O–H groups in total. The van der Waals surface area contributed by atoms with E-state index in [-0.39, 0.29) is 21.5 Å². The minimum atomic E-state index is -2.04. The van der Waals surface area contributed by atoms with Crippen LogP contribution < -0.4 is 0 Å². The van der Waals surface area contributed by atoms with Crippen molar-refractivity contribution in [2.45, 2.75) is 112 Å². The first kappa shape index (κ1) is 26.5. The Bertz CT molecular complexity index is 725. The normalized spacial score (nSPS) is 33.3. The average molecular weight is 517 g/mol. The van der Waals surface area contributed by atoms with E-state index in [1.807, 2.05) is 23.5 Å². The first-order valence-electron chi connectivity index (χ1n) is 12.6. The Hall–Kier alpha value is 0.457. The average Bonchev–Trinajstić information content (AvgIpc) is 3.23. The monoisotopic (exact) mass is 516 g/mol. The summed E-state index contributed by atoms with van der Waals surface area (Å²) >= 11 is 4.06. The number of hydrogen-bond donors (Lipinski definition) is 0.